The van der Waals surface area contributed by atoms with Crippen molar-refractivity contribution in [2.45, 2.75) is 4.90 Å². The van der Waals surface area contributed by atoms with Crippen LogP contribution in [-0.4, -0.2) is 17.2 Å². The molecule has 5 nitrogen and oxygen atoms in total. The Morgan fingerprint density at radius 3 is 2.44 bits per heavy atom. The summed E-state index contributed by atoms with van der Waals surface area (Å²) >= 11 is 6.49. The summed E-state index contributed by atoms with van der Waals surface area (Å²) in [6.07, 6.45) is 0. The molecule has 0 aliphatic heterocycles. The number of halogens is 1. The fourth-order valence-electron chi connectivity index (χ4n) is 1.02. The average molecular weight is 276 g/mol. The van der Waals surface area contributed by atoms with E-state index in [-0.39, 0.29) is 15.9 Å². The normalized spacial score (nSPS) is 11.3. The molecule has 0 saturated carbocycles. The molecule has 16 heavy (non-hydrogen) atoms. The SMILES string of the molecule is O=S(=O)(Nc1nsnc1Cl)c1ccccc1. The first-order valence-corrected chi connectivity index (χ1v) is 6.75. The van der Waals surface area contributed by atoms with Gasteiger partial charge in [0.2, 0.25) is 0 Å². The minimum atomic E-state index is -3.64. The number of rotatable bonds is 3. The van der Waals surface area contributed by atoms with E-state index in [2.05, 4.69) is 13.5 Å². The lowest BCUT2D eigenvalue weighted by molar-refractivity contribution is 0.601. The standard InChI is InChI=1S/C8H6ClN3O2S2/c9-7-8(11-15-10-7)12-16(13,14)6-4-2-1-3-5-6/h1-5H,(H,11,12). The molecule has 0 aliphatic carbocycles. The summed E-state index contributed by atoms with van der Waals surface area (Å²) in [7, 11) is -3.64. The van der Waals surface area contributed by atoms with Gasteiger partial charge in [-0.25, -0.2) is 8.42 Å². The van der Waals surface area contributed by atoms with Crippen molar-refractivity contribution in [2.24, 2.45) is 0 Å². The molecule has 8 heteroatoms. The predicted octanol–water partition coefficient (Wildman–Crippen LogP) is 1.99. The largest absolute Gasteiger partial charge is 0.263 e. The quantitative estimate of drug-likeness (QED) is 0.930. The van der Waals surface area contributed by atoms with Crippen LogP contribution in [0.1, 0.15) is 0 Å². The van der Waals surface area contributed by atoms with Crippen molar-refractivity contribution in [2.75, 3.05) is 4.72 Å². The van der Waals surface area contributed by atoms with Crippen molar-refractivity contribution in [3.63, 3.8) is 0 Å². The van der Waals surface area contributed by atoms with Crippen LogP contribution >= 0.6 is 23.3 Å². The van der Waals surface area contributed by atoms with Crippen molar-refractivity contribution in [1.29, 1.82) is 0 Å². The number of aromatic nitrogens is 2. The third kappa shape index (κ3) is 2.31. The molecule has 0 spiro atoms. The molecule has 0 saturated heterocycles. The minimum Gasteiger partial charge on any atom is -0.260 e. The summed E-state index contributed by atoms with van der Waals surface area (Å²) in [5.74, 6) is 0.0514. The first-order valence-electron chi connectivity index (χ1n) is 4.15. The smallest absolute Gasteiger partial charge is 0.260 e. The highest BCUT2D eigenvalue weighted by Crippen LogP contribution is 2.21. The maximum absolute atomic E-state index is 11.8. The van der Waals surface area contributed by atoms with Gasteiger partial charge >= 0.3 is 0 Å². The van der Waals surface area contributed by atoms with Crippen LogP contribution in [-0.2, 0) is 10.0 Å². The summed E-state index contributed by atoms with van der Waals surface area (Å²) in [4.78, 5) is 0.152. The predicted molar refractivity (Wildman–Crippen MR) is 62.2 cm³/mol. The number of nitrogens with one attached hydrogen (secondary N) is 1. The molecular weight excluding hydrogens is 270 g/mol. The molecule has 0 unspecified atom stereocenters. The van der Waals surface area contributed by atoms with Gasteiger partial charge < -0.3 is 0 Å². The maximum Gasteiger partial charge on any atom is 0.263 e. The molecule has 2 aromatic rings. The fraction of sp³-hybridized carbons (Fsp3) is 0. The van der Waals surface area contributed by atoms with Gasteiger partial charge in [-0.3, -0.25) is 4.72 Å². The van der Waals surface area contributed by atoms with Crippen molar-refractivity contribution in [3.8, 4) is 0 Å². The van der Waals surface area contributed by atoms with Gasteiger partial charge in [0, 0.05) is 0 Å². The van der Waals surface area contributed by atoms with Crippen molar-refractivity contribution in [3.05, 3.63) is 35.5 Å². The van der Waals surface area contributed by atoms with Gasteiger partial charge in [-0.1, -0.05) is 29.8 Å². The molecule has 2 rings (SSSR count). The van der Waals surface area contributed by atoms with E-state index in [0.717, 1.165) is 11.7 Å². The molecular formula is C8H6ClN3O2S2. The van der Waals surface area contributed by atoms with E-state index in [1.165, 1.54) is 12.1 Å². The summed E-state index contributed by atoms with van der Waals surface area (Å²) in [5, 5.41) is 0.0458. The van der Waals surface area contributed by atoms with Gasteiger partial charge in [-0.05, 0) is 12.1 Å². The Balaban J connectivity index is 2.32. The highest BCUT2D eigenvalue weighted by molar-refractivity contribution is 7.92. The molecule has 0 radical (unpaired) electrons. The minimum absolute atomic E-state index is 0.0458. The summed E-state index contributed by atoms with van der Waals surface area (Å²) < 4.78 is 33.3. The van der Waals surface area contributed by atoms with Crippen molar-refractivity contribution < 1.29 is 8.42 Å². The van der Waals surface area contributed by atoms with Gasteiger partial charge in [0.1, 0.15) is 0 Å². The van der Waals surface area contributed by atoms with Gasteiger partial charge in [0.15, 0.2) is 11.0 Å². The van der Waals surface area contributed by atoms with Crippen molar-refractivity contribution >= 4 is 39.2 Å². The second kappa shape index (κ2) is 4.36. The van der Waals surface area contributed by atoms with Crippen LogP contribution < -0.4 is 4.72 Å². The van der Waals surface area contributed by atoms with E-state index in [4.69, 9.17) is 11.6 Å². The third-order valence-electron chi connectivity index (χ3n) is 1.73. The zero-order chi connectivity index (χ0) is 11.6. The number of hydrogen-bond donors (Lipinski definition) is 1. The van der Waals surface area contributed by atoms with Gasteiger partial charge in [-0.2, -0.15) is 8.75 Å². The maximum atomic E-state index is 11.8. The molecule has 0 fully saturated rings. The van der Waals surface area contributed by atoms with Crippen LogP contribution in [0.4, 0.5) is 5.82 Å². The molecule has 0 bridgehead atoms. The van der Waals surface area contributed by atoms with Gasteiger partial charge in [-0.15, -0.1) is 0 Å². The van der Waals surface area contributed by atoms with Crippen LogP contribution in [0.3, 0.4) is 0 Å². The highest BCUT2D eigenvalue weighted by Gasteiger charge is 2.17. The molecule has 1 N–H and O–H groups in total. The lowest BCUT2D eigenvalue weighted by Crippen LogP contribution is -2.13. The monoisotopic (exact) mass is 275 g/mol. The molecule has 0 atom stereocenters. The van der Waals surface area contributed by atoms with Gasteiger partial charge in [0.05, 0.1) is 16.6 Å². The molecule has 1 aromatic carbocycles. The second-order valence-corrected chi connectivity index (χ2v) is 5.39. The topological polar surface area (TPSA) is 72.0 Å². The molecule has 0 amide bonds. The number of sulfonamides is 1. The molecule has 1 aromatic heterocycles. The zero-order valence-electron chi connectivity index (χ0n) is 7.79. The van der Waals surface area contributed by atoms with Gasteiger partial charge in [0.25, 0.3) is 10.0 Å². The zero-order valence-corrected chi connectivity index (χ0v) is 10.2. The van der Waals surface area contributed by atoms with E-state index in [0.29, 0.717) is 0 Å². The molecule has 0 aliphatic rings. The lowest BCUT2D eigenvalue weighted by atomic mass is 10.4. The Bertz CT molecular complexity index is 582. The summed E-state index contributed by atoms with van der Waals surface area (Å²) in [6, 6.07) is 7.97. The van der Waals surface area contributed by atoms with Crippen LogP contribution in [0, 0.1) is 0 Å². The Morgan fingerprint density at radius 1 is 1.19 bits per heavy atom. The van der Waals surface area contributed by atoms with E-state index >= 15 is 0 Å². The van der Waals surface area contributed by atoms with E-state index < -0.39 is 10.0 Å². The Kier molecular flexibility index (Phi) is 3.08. The Labute approximate surface area is 101 Å². The first kappa shape index (κ1) is 11.3. The van der Waals surface area contributed by atoms with Crippen LogP contribution in [0.15, 0.2) is 35.2 Å². The van der Waals surface area contributed by atoms with E-state index in [1.54, 1.807) is 18.2 Å². The lowest BCUT2D eigenvalue weighted by Gasteiger charge is -2.04. The van der Waals surface area contributed by atoms with E-state index in [1.807, 2.05) is 0 Å². The van der Waals surface area contributed by atoms with Crippen LogP contribution in [0.25, 0.3) is 0 Å². The number of nitrogens with zero attached hydrogens (tertiary/aromatic N) is 2. The number of benzene rings is 1. The molecule has 1 heterocycles. The Hall–Kier alpha value is -1.18. The van der Waals surface area contributed by atoms with Crippen LogP contribution in [0.5, 0.6) is 0 Å². The average Bonchev–Trinajstić information content (AvgIpc) is 2.65. The van der Waals surface area contributed by atoms with Crippen molar-refractivity contribution in [1.82, 2.24) is 8.75 Å². The fourth-order valence-corrected chi connectivity index (χ4v) is 2.81. The van der Waals surface area contributed by atoms with Crippen LogP contribution in [0.2, 0.25) is 5.15 Å². The third-order valence-corrected chi connectivity index (χ3v) is 3.98. The summed E-state index contributed by atoms with van der Waals surface area (Å²) in [5.41, 5.74) is 0. The first-order chi connectivity index (χ1) is 7.59. The molecule has 84 valence electrons. The summed E-state index contributed by atoms with van der Waals surface area (Å²) in [6.45, 7) is 0. The Morgan fingerprint density at radius 2 is 1.88 bits per heavy atom. The number of anilines is 1. The van der Waals surface area contributed by atoms with E-state index in [9.17, 15) is 8.42 Å². The number of hydrogen-bond acceptors (Lipinski definition) is 5. The second-order valence-electron chi connectivity index (χ2n) is 2.82. The highest BCUT2D eigenvalue weighted by atomic mass is 35.5.